The lowest BCUT2D eigenvalue weighted by Crippen LogP contribution is -2.37. The number of hydrogen-bond donors (Lipinski definition) is 3. The van der Waals surface area contributed by atoms with Gasteiger partial charge in [0.15, 0.2) is 0 Å². The van der Waals surface area contributed by atoms with Crippen molar-refractivity contribution >= 4 is 17.6 Å². The summed E-state index contributed by atoms with van der Waals surface area (Å²) in [5.74, 6) is 0. The van der Waals surface area contributed by atoms with Crippen LogP contribution in [0.1, 0.15) is 17.2 Å². The molecule has 1 atom stereocenters. The second-order valence-corrected chi connectivity index (χ2v) is 5.09. The quantitative estimate of drug-likeness (QED) is 0.785. The van der Waals surface area contributed by atoms with Crippen molar-refractivity contribution in [3.63, 3.8) is 0 Å². The first-order chi connectivity index (χ1) is 10.0. The van der Waals surface area contributed by atoms with Crippen LogP contribution in [0.15, 0.2) is 36.7 Å². The minimum atomic E-state index is -0.772. The van der Waals surface area contributed by atoms with Crippen molar-refractivity contribution in [1.29, 1.82) is 0 Å². The minimum Gasteiger partial charge on any atom is -0.387 e. The van der Waals surface area contributed by atoms with E-state index in [2.05, 4.69) is 15.7 Å². The van der Waals surface area contributed by atoms with Crippen LogP contribution in [0.2, 0.25) is 5.02 Å². The number of amides is 2. The smallest absolute Gasteiger partial charge is 0.315 e. The topological polar surface area (TPSA) is 79.2 Å². The van der Waals surface area contributed by atoms with Crippen molar-refractivity contribution < 1.29 is 9.90 Å². The van der Waals surface area contributed by atoms with Crippen molar-refractivity contribution in [3.8, 4) is 0 Å². The van der Waals surface area contributed by atoms with E-state index >= 15 is 0 Å². The summed E-state index contributed by atoms with van der Waals surface area (Å²) in [6, 6.07) is 6.50. The third-order valence-electron chi connectivity index (χ3n) is 2.92. The van der Waals surface area contributed by atoms with Gasteiger partial charge in [-0.05, 0) is 17.7 Å². The van der Waals surface area contributed by atoms with E-state index in [1.165, 1.54) is 0 Å². The molecule has 0 aliphatic heterocycles. The minimum absolute atomic E-state index is 0.126. The Hall–Kier alpha value is -2.05. The van der Waals surface area contributed by atoms with Crippen LogP contribution in [0, 0.1) is 0 Å². The maximum absolute atomic E-state index is 11.6. The van der Waals surface area contributed by atoms with Crippen molar-refractivity contribution in [1.82, 2.24) is 20.4 Å². The van der Waals surface area contributed by atoms with Gasteiger partial charge in [0.05, 0.1) is 12.3 Å². The molecule has 0 aliphatic rings. The molecule has 112 valence electrons. The molecule has 7 heteroatoms. The lowest BCUT2D eigenvalue weighted by Gasteiger charge is -2.12. The average molecular weight is 309 g/mol. The first-order valence-corrected chi connectivity index (χ1v) is 6.85. The molecule has 1 aromatic carbocycles. The number of carbonyl (C=O) groups excluding carboxylic acids is 1. The second kappa shape index (κ2) is 7.10. The fourth-order valence-corrected chi connectivity index (χ4v) is 1.93. The maximum Gasteiger partial charge on any atom is 0.315 e. The highest BCUT2D eigenvalue weighted by atomic mass is 35.5. The summed E-state index contributed by atoms with van der Waals surface area (Å²) in [6.45, 7) is 0.511. The molecular formula is C14H17ClN4O2. The summed E-state index contributed by atoms with van der Waals surface area (Å²) >= 11 is 5.78. The number of aryl methyl sites for hydroxylation is 1. The summed E-state index contributed by atoms with van der Waals surface area (Å²) in [5.41, 5.74) is 1.61. The third kappa shape index (κ3) is 4.77. The fraction of sp³-hybridized carbons (Fsp3) is 0.286. The van der Waals surface area contributed by atoms with Crippen LogP contribution in [0.5, 0.6) is 0 Å². The molecule has 0 saturated carbocycles. The number of rotatable bonds is 5. The van der Waals surface area contributed by atoms with Gasteiger partial charge in [0, 0.05) is 36.9 Å². The van der Waals surface area contributed by atoms with Crippen LogP contribution in [0.25, 0.3) is 0 Å². The molecule has 2 aromatic rings. The molecule has 21 heavy (non-hydrogen) atoms. The molecule has 3 N–H and O–H groups in total. The molecule has 0 spiro atoms. The Morgan fingerprint density at radius 3 is 2.71 bits per heavy atom. The van der Waals surface area contributed by atoms with E-state index < -0.39 is 6.10 Å². The summed E-state index contributed by atoms with van der Waals surface area (Å²) in [5, 5.41) is 19.9. The van der Waals surface area contributed by atoms with Gasteiger partial charge in [0.2, 0.25) is 0 Å². The number of urea groups is 1. The van der Waals surface area contributed by atoms with Gasteiger partial charge in [0.25, 0.3) is 0 Å². The number of benzene rings is 1. The van der Waals surface area contributed by atoms with Gasteiger partial charge in [0.1, 0.15) is 0 Å². The molecule has 1 unspecified atom stereocenters. The number of aliphatic hydroxyl groups is 1. The van der Waals surface area contributed by atoms with E-state index in [9.17, 15) is 9.90 Å². The monoisotopic (exact) mass is 308 g/mol. The van der Waals surface area contributed by atoms with Gasteiger partial charge in [-0.15, -0.1) is 0 Å². The summed E-state index contributed by atoms with van der Waals surface area (Å²) in [6.07, 6.45) is 2.73. The zero-order valence-electron chi connectivity index (χ0n) is 11.6. The first kappa shape index (κ1) is 15.3. The molecule has 2 rings (SSSR count). The van der Waals surface area contributed by atoms with Crippen molar-refractivity contribution in [2.45, 2.75) is 12.6 Å². The summed E-state index contributed by atoms with van der Waals surface area (Å²) < 4.78 is 1.67. The maximum atomic E-state index is 11.6. The standard InChI is InChI=1S/C14H17ClN4O2/c1-19-9-10(7-18-19)6-16-14(21)17-8-13(20)11-2-4-12(15)5-3-11/h2-5,7,9,13,20H,6,8H2,1H3,(H2,16,17,21). The highest BCUT2D eigenvalue weighted by Gasteiger charge is 2.09. The van der Waals surface area contributed by atoms with Crippen molar-refractivity contribution in [2.24, 2.45) is 7.05 Å². The van der Waals surface area contributed by atoms with Crippen LogP contribution < -0.4 is 10.6 Å². The SMILES string of the molecule is Cn1cc(CNC(=O)NCC(O)c2ccc(Cl)cc2)cn1. The molecule has 6 nitrogen and oxygen atoms in total. The van der Waals surface area contributed by atoms with Crippen LogP contribution in [0.4, 0.5) is 4.79 Å². The van der Waals surface area contributed by atoms with Gasteiger partial charge < -0.3 is 15.7 Å². The van der Waals surface area contributed by atoms with Gasteiger partial charge in [-0.1, -0.05) is 23.7 Å². The van der Waals surface area contributed by atoms with Gasteiger partial charge in [-0.25, -0.2) is 4.79 Å². The largest absolute Gasteiger partial charge is 0.387 e. The Bertz CT molecular complexity index is 597. The van der Waals surface area contributed by atoms with E-state index in [-0.39, 0.29) is 12.6 Å². The normalized spacial score (nSPS) is 12.0. The van der Waals surface area contributed by atoms with E-state index in [1.54, 1.807) is 35.1 Å². The van der Waals surface area contributed by atoms with Gasteiger partial charge in [-0.3, -0.25) is 4.68 Å². The van der Waals surface area contributed by atoms with Crippen LogP contribution in [-0.4, -0.2) is 27.5 Å². The lowest BCUT2D eigenvalue weighted by atomic mass is 10.1. The third-order valence-corrected chi connectivity index (χ3v) is 3.17. The van der Waals surface area contributed by atoms with E-state index in [1.807, 2.05) is 13.2 Å². The Labute approximate surface area is 127 Å². The molecule has 0 aliphatic carbocycles. The number of nitrogens with zero attached hydrogens (tertiary/aromatic N) is 2. The highest BCUT2D eigenvalue weighted by Crippen LogP contribution is 2.15. The lowest BCUT2D eigenvalue weighted by molar-refractivity contribution is 0.173. The number of nitrogens with one attached hydrogen (secondary N) is 2. The van der Waals surface area contributed by atoms with Crippen LogP contribution in [0.3, 0.4) is 0 Å². The molecular weight excluding hydrogens is 292 g/mol. The second-order valence-electron chi connectivity index (χ2n) is 4.65. The van der Waals surface area contributed by atoms with Crippen LogP contribution >= 0.6 is 11.6 Å². The molecule has 0 saturated heterocycles. The number of aliphatic hydroxyl groups excluding tert-OH is 1. The molecule has 1 heterocycles. The number of aromatic nitrogens is 2. The summed E-state index contributed by atoms with van der Waals surface area (Å²) in [4.78, 5) is 11.6. The average Bonchev–Trinajstić information content (AvgIpc) is 2.89. The molecule has 2 amide bonds. The Morgan fingerprint density at radius 1 is 1.38 bits per heavy atom. The van der Waals surface area contributed by atoms with E-state index in [0.717, 1.165) is 5.56 Å². The van der Waals surface area contributed by atoms with Crippen LogP contribution in [-0.2, 0) is 13.6 Å². The summed E-state index contributed by atoms with van der Waals surface area (Å²) in [7, 11) is 1.81. The van der Waals surface area contributed by atoms with E-state index in [4.69, 9.17) is 11.6 Å². The molecule has 0 fully saturated rings. The highest BCUT2D eigenvalue weighted by molar-refractivity contribution is 6.30. The van der Waals surface area contributed by atoms with Crippen molar-refractivity contribution in [3.05, 3.63) is 52.8 Å². The number of halogens is 1. The van der Waals surface area contributed by atoms with Gasteiger partial charge in [-0.2, -0.15) is 5.10 Å². The molecule has 0 bridgehead atoms. The Morgan fingerprint density at radius 2 is 2.10 bits per heavy atom. The van der Waals surface area contributed by atoms with Gasteiger partial charge >= 0.3 is 6.03 Å². The number of hydrogen-bond acceptors (Lipinski definition) is 3. The Balaban J connectivity index is 1.74. The molecule has 0 radical (unpaired) electrons. The number of carbonyl (C=O) groups is 1. The fourth-order valence-electron chi connectivity index (χ4n) is 1.80. The predicted molar refractivity (Wildman–Crippen MR) is 79.9 cm³/mol. The predicted octanol–water partition coefficient (Wildman–Crippen LogP) is 1.61. The first-order valence-electron chi connectivity index (χ1n) is 6.47. The Kier molecular flexibility index (Phi) is 5.19. The zero-order valence-corrected chi connectivity index (χ0v) is 12.3. The van der Waals surface area contributed by atoms with E-state index in [0.29, 0.717) is 17.1 Å². The molecule has 1 aromatic heterocycles. The zero-order chi connectivity index (χ0) is 15.2. The van der Waals surface area contributed by atoms with Crippen molar-refractivity contribution in [2.75, 3.05) is 6.54 Å².